The third kappa shape index (κ3) is 4.08. The molecular weight excluding hydrogens is 328 g/mol. The summed E-state index contributed by atoms with van der Waals surface area (Å²) in [4.78, 5) is 0. The van der Waals surface area contributed by atoms with E-state index in [2.05, 4.69) is 70.7 Å². The number of rotatable bonds is 5. The molecule has 1 aliphatic heterocycles. The van der Waals surface area contributed by atoms with Gasteiger partial charge in [0.05, 0.1) is 0 Å². The zero-order valence-electron chi connectivity index (χ0n) is 14.7. The minimum absolute atomic E-state index is 0. The highest BCUT2D eigenvalue weighted by atomic mass is 35.5. The first kappa shape index (κ1) is 18.0. The largest absolute Gasteiger partial charge is 0.347 e. The van der Waals surface area contributed by atoms with Crippen molar-refractivity contribution in [2.75, 3.05) is 13.1 Å². The molecule has 0 bridgehead atoms. The molecule has 1 N–H and O–H groups in total. The molecule has 0 radical (unpaired) electrons. The summed E-state index contributed by atoms with van der Waals surface area (Å²) < 4.78 is 2.48. The molecule has 1 aliphatic rings. The van der Waals surface area contributed by atoms with Gasteiger partial charge in [0, 0.05) is 23.6 Å². The maximum atomic E-state index is 3.48. The molecule has 0 atom stereocenters. The van der Waals surface area contributed by atoms with Crippen LogP contribution in [0.5, 0.6) is 0 Å². The van der Waals surface area contributed by atoms with Gasteiger partial charge in [-0.15, -0.1) is 12.4 Å². The van der Waals surface area contributed by atoms with Crippen LogP contribution in [0.15, 0.2) is 60.8 Å². The van der Waals surface area contributed by atoms with Gasteiger partial charge in [-0.1, -0.05) is 48.5 Å². The van der Waals surface area contributed by atoms with Gasteiger partial charge < -0.3 is 9.88 Å². The topological polar surface area (TPSA) is 17.0 Å². The lowest BCUT2D eigenvalue weighted by Crippen LogP contribution is -2.26. The summed E-state index contributed by atoms with van der Waals surface area (Å²) in [6.45, 7) is 3.40. The number of piperidine rings is 1. The van der Waals surface area contributed by atoms with Crippen LogP contribution < -0.4 is 5.32 Å². The molecule has 0 aliphatic carbocycles. The first-order valence-electron chi connectivity index (χ1n) is 9.24. The zero-order valence-corrected chi connectivity index (χ0v) is 15.5. The highest BCUT2D eigenvalue weighted by molar-refractivity contribution is 5.85. The van der Waals surface area contributed by atoms with Crippen LogP contribution in [-0.2, 0) is 13.0 Å². The predicted octanol–water partition coefficient (Wildman–Crippen LogP) is 5.16. The number of benzene rings is 2. The van der Waals surface area contributed by atoms with Gasteiger partial charge in [0.2, 0.25) is 0 Å². The van der Waals surface area contributed by atoms with Crippen LogP contribution >= 0.6 is 12.4 Å². The van der Waals surface area contributed by atoms with Crippen molar-refractivity contribution in [2.24, 2.45) is 0 Å². The van der Waals surface area contributed by atoms with Crippen molar-refractivity contribution >= 4 is 23.3 Å². The molecule has 2 nitrogen and oxygen atoms in total. The molecule has 2 aromatic carbocycles. The molecule has 3 aromatic rings. The highest BCUT2D eigenvalue weighted by Gasteiger charge is 2.19. The normalized spacial score (nSPS) is 15.2. The Morgan fingerprint density at radius 1 is 0.920 bits per heavy atom. The van der Waals surface area contributed by atoms with E-state index in [1.165, 1.54) is 35.7 Å². The second kappa shape index (κ2) is 8.55. The standard InChI is InChI=1S/C22H26N2.ClH/c1-2-7-18(8-3-1)9-6-16-24-17-21(19-12-14-23-15-13-19)20-10-4-5-11-22(20)24;/h1-5,7-8,10-11,17,19,23H,6,9,12-16H2;1H. The van der Waals surface area contributed by atoms with Gasteiger partial charge in [-0.3, -0.25) is 0 Å². The van der Waals surface area contributed by atoms with Crippen molar-refractivity contribution in [3.63, 3.8) is 0 Å². The van der Waals surface area contributed by atoms with Crippen molar-refractivity contribution in [1.29, 1.82) is 0 Å². The minimum Gasteiger partial charge on any atom is -0.347 e. The van der Waals surface area contributed by atoms with Crippen molar-refractivity contribution in [3.05, 3.63) is 71.9 Å². The van der Waals surface area contributed by atoms with E-state index in [-0.39, 0.29) is 12.4 Å². The number of aromatic nitrogens is 1. The highest BCUT2D eigenvalue weighted by Crippen LogP contribution is 2.33. The van der Waals surface area contributed by atoms with Gasteiger partial charge in [-0.2, -0.15) is 0 Å². The predicted molar refractivity (Wildman–Crippen MR) is 109 cm³/mol. The molecule has 0 unspecified atom stereocenters. The van der Waals surface area contributed by atoms with Crippen LogP contribution in [0.2, 0.25) is 0 Å². The molecule has 0 saturated carbocycles. The Hall–Kier alpha value is -1.77. The van der Waals surface area contributed by atoms with E-state index >= 15 is 0 Å². The average Bonchev–Trinajstić information content (AvgIpc) is 3.02. The van der Waals surface area contributed by atoms with Crippen LogP contribution in [0.1, 0.15) is 36.3 Å². The maximum absolute atomic E-state index is 3.48. The van der Waals surface area contributed by atoms with E-state index < -0.39 is 0 Å². The van der Waals surface area contributed by atoms with Gasteiger partial charge in [-0.25, -0.2) is 0 Å². The molecule has 25 heavy (non-hydrogen) atoms. The summed E-state index contributed by atoms with van der Waals surface area (Å²) in [6.07, 6.45) is 7.30. The van der Waals surface area contributed by atoms with Crippen LogP contribution in [0, 0.1) is 0 Å². The van der Waals surface area contributed by atoms with E-state index in [4.69, 9.17) is 0 Å². The number of hydrogen-bond acceptors (Lipinski definition) is 1. The second-order valence-corrected chi connectivity index (χ2v) is 6.91. The van der Waals surface area contributed by atoms with E-state index in [9.17, 15) is 0 Å². The molecule has 0 amide bonds. The van der Waals surface area contributed by atoms with Crippen molar-refractivity contribution in [2.45, 2.75) is 38.1 Å². The molecule has 2 heterocycles. The zero-order chi connectivity index (χ0) is 16.2. The lowest BCUT2D eigenvalue weighted by Gasteiger charge is -2.22. The molecule has 1 aromatic heterocycles. The van der Waals surface area contributed by atoms with Gasteiger partial charge in [0.25, 0.3) is 0 Å². The van der Waals surface area contributed by atoms with Crippen LogP contribution in [0.4, 0.5) is 0 Å². The van der Waals surface area contributed by atoms with Crippen molar-refractivity contribution in [3.8, 4) is 0 Å². The molecular formula is C22H27ClN2. The minimum atomic E-state index is 0. The Bertz CT molecular complexity index is 788. The van der Waals surface area contributed by atoms with Crippen molar-refractivity contribution in [1.82, 2.24) is 9.88 Å². The SMILES string of the molecule is Cl.c1ccc(CCCn2cc(C3CCNCC3)c3ccccc32)cc1. The number of para-hydroxylation sites is 1. The first-order chi connectivity index (χ1) is 11.9. The summed E-state index contributed by atoms with van der Waals surface area (Å²) in [5, 5.41) is 4.95. The maximum Gasteiger partial charge on any atom is 0.0483 e. The molecule has 1 saturated heterocycles. The van der Waals surface area contributed by atoms with Crippen LogP contribution in [-0.4, -0.2) is 17.7 Å². The number of nitrogens with zero attached hydrogens (tertiary/aromatic N) is 1. The second-order valence-electron chi connectivity index (χ2n) is 6.91. The Morgan fingerprint density at radius 2 is 1.64 bits per heavy atom. The number of fused-ring (bicyclic) bond motifs is 1. The number of nitrogens with one attached hydrogen (secondary N) is 1. The third-order valence-electron chi connectivity index (χ3n) is 5.31. The lowest BCUT2D eigenvalue weighted by atomic mass is 9.90. The monoisotopic (exact) mass is 354 g/mol. The number of hydrogen-bond donors (Lipinski definition) is 1. The van der Waals surface area contributed by atoms with E-state index in [1.54, 1.807) is 5.56 Å². The molecule has 4 rings (SSSR count). The Labute approximate surface area is 156 Å². The number of halogens is 1. The summed E-state index contributed by atoms with van der Waals surface area (Å²) in [5.74, 6) is 0.714. The van der Waals surface area contributed by atoms with E-state index in [1.807, 2.05) is 0 Å². The first-order valence-corrected chi connectivity index (χ1v) is 9.24. The lowest BCUT2D eigenvalue weighted by molar-refractivity contribution is 0.461. The molecule has 1 fully saturated rings. The van der Waals surface area contributed by atoms with Gasteiger partial charge in [0.1, 0.15) is 0 Å². The van der Waals surface area contributed by atoms with Crippen LogP contribution in [0.25, 0.3) is 10.9 Å². The van der Waals surface area contributed by atoms with Crippen molar-refractivity contribution < 1.29 is 0 Å². The fraction of sp³-hybridized carbons (Fsp3) is 0.364. The summed E-state index contributed by atoms with van der Waals surface area (Å²) in [7, 11) is 0. The molecule has 0 spiro atoms. The fourth-order valence-corrected chi connectivity index (χ4v) is 4.02. The Kier molecular flexibility index (Phi) is 6.17. The smallest absolute Gasteiger partial charge is 0.0483 e. The van der Waals surface area contributed by atoms with Gasteiger partial charge >= 0.3 is 0 Å². The van der Waals surface area contributed by atoms with E-state index in [0.717, 1.165) is 26.1 Å². The average molecular weight is 355 g/mol. The van der Waals surface area contributed by atoms with Gasteiger partial charge in [-0.05, 0) is 61.9 Å². The summed E-state index contributed by atoms with van der Waals surface area (Å²) >= 11 is 0. The number of aryl methyl sites for hydroxylation is 2. The quantitative estimate of drug-likeness (QED) is 0.669. The van der Waals surface area contributed by atoms with E-state index in [0.29, 0.717) is 5.92 Å². The van der Waals surface area contributed by atoms with Crippen LogP contribution in [0.3, 0.4) is 0 Å². The van der Waals surface area contributed by atoms with Gasteiger partial charge in [0.15, 0.2) is 0 Å². The summed E-state index contributed by atoms with van der Waals surface area (Å²) in [5.41, 5.74) is 4.40. The molecule has 3 heteroatoms. The fourth-order valence-electron chi connectivity index (χ4n) is 4.02. The summed E-state index contributed by atoms with van der Waals surface area (Å²) in [6, 6.07) is 19.8. The Balaban J connectivity index is 0.00000182. The third-order valence-corrected chi connectivity index (χ3v) is 5.31. The molecule has 132 valence electrons. The Morgan fingerprint density at radius 3 is 2.44 bits per heavy atom.